The summed E-state index contributed by atoms with van der Waals surface area (Å²) in [6, 6.07) is 0. The van der Waals surface area contributed by atoms with Gasteiger partial charge < -0.3 is 15.3 Å². The normalized spacial score (nSPS) is 55.2. The van der Waals surface area contributed by atoms with Crippen molar-refractivity contribution >= 4 is 0 Å². The zero-order valence-electron chi connectivity index (χ0n) is 15.4. The number of hydrogen-bond donors (Lipinski definition) is 3. The van der Waals surface area contributed by atoms with Crippen molar-refractivity contribution in [2.24, 2.45) is 34.5 Å². The maximum absolute atomic E-state index is 11.2. The number of fused-ring (bicyclic) bond motifs is 5. The maximum Gasteiger partial charge on any atom is 0.0585 e. The highest BCUT2D eigenvalue weighted by atomic mass is 16.3. The molecule has 3 nitrogen and oxygen atoms in total. The highest BCUT2D eigenvalue weighted by Gasteiger charge is 2.62. The molecule has 3 heteroatoms. The zero-order valence-corrected chi connectivity index (χ0v) is 15.4. The van der Waals surface area contributed by atoms with Crippen molar-refractivity contribution in [3.63, 3.8) is 0 Å². The number of aliphatic hydroxyl groups excluding tert-OH is 3. The van der Waals surface area contributed by atoms with Crippen molar-refractivity contribution in [2.45, 2.75) is 84.0 Å². The lowest BCUT2D eigenvalue weighted by Crippen LogP contribution is -2.57. The molecular formula is C21H34O3. The van der Waals surface area contributed by atoms with Crippen molar-refractivity contribution in [1.29, 1.82) is 0 Å². The molecule has 4 aliphatic carbocycles. The van der Waals surface area contributed by atoms with Crippen LogP contribution in [-0.4, -0.2) is 33.6 Å². The molecule has 4 aliphatic rings. The summed E-state index contributed by atoms with van der Waals surface area (Å²) in [7, 11) is 0. The molecule has 136 valence electrons. The largest absolute Gasteiger partial charge is 0.393 e. The van der Waals surface area contributed by atoms with Gasteiger partial charge >= 0.3 is 0 Å². The van der Waals surface area contributed by atoms with Crippen LogP contribution in [0.3, 0.4) is 0 Å². The molecule has 3 saturated carbocycles. The van der Waals surface area contributed by atoms with Crippen LogP contribution in [0, 0.1) is 34.5 Å². The molecule has 0 radical (unpaired) electrons. The van der Waals surface area contributed by atoms with Crippen molar-refractivity contribution in [2.75, 3.05) is 0 Å². The van der Waals surface area contributed by atoms with Crippen LogP contribution in [0.5, 0.6) is 0 Å². The highest BCUT2D eigenvalue weighted by Crippen LogP contribution is 2.66. The van der Waals surface area contributed by atoms with E-state index in [2.05, 4.69) is 19.9 Å². The van der Waals surface area contributed by atoms with Crippen LogP contribution in [0.4, 0.5) is 0 Å². The van der Waals surface area contributed by atoms with E-state index in [9.17, 15) is 15.3 Å². The van der Waals surface area contributed by atoms with Crippen molar-refractivity contribution in [3.05, 3.63) is 11.6 Å². The Bertz CT molecular complexity index is 541. The van der Waals surface area contributed by atoms with E-state index in [1.165, 1.54) is 12.0 Å². The van der Waals surface area contributed by atoms with Crippen LogP contribution in [0.1, 0.15) is 65.7 Å². The molecule has 0 heterocycles. The third kappa shape index (κ3) is 2.20. The molecule has 0 spiro atoms. The number of rotatable bonds is 1. The van der Waals surface area contributed by atoms with Gasteiger partial charge in [0.2, 0.25) is 0 Å². The minimum Gasteiger partial charge on any atom is -0.393 e. The van der Waals surface area contributed by atoms with Gasteiger partial charge in [0.15, 0.2) is 0 Å². The molecule has 0 aromatic carbocycles. The Morgan fingerprint density at radius 3 is 2.62 bits per heavy atom. The van der Waals surface area contributed by atoms with Gasteiger partial charge in [0, 0.05) is 0 Å². The standard InChI is InChI=1S/C21H34O3/c1-12(22)16-6-7-17-15-5-4-13-10-14(23)8-9-20(13,2)19(15)18(24)11-21(16,17)3/h4,12,14-19,22-24H,5-11H2,1-3H3/t12?,14-,15-,16+,17-,18-,19+,20-,21+/m0/s1. The molecule has 0 aliphatic heterocycles. The van der Waals surface area contributed by atoms with Gasteiger partial charge in [-0.15, -0.1) is 0 Å². The van der Waals surface area contributed by atoms with Crippen molar-refractivity contribution in [3.8, 4) is 0 Å². The van der Waals surface area contributed by atoms with Gasteiger partial charge in [0.05, 0.1) is 18.3 Å². The SMILES string of the molecule is CC(O)[C@H]1CC[C@H]2[C@@H]3CC=C4C[C@@H](O)CC[C@]4(C)[C@H]3[C@@H](O)C[C@]12C. The fraction of sp³-hybridized carbons (Fsp3) is 0.905. The van der Waals surface area contributed by atoms with Crippen LogP contribution >= 0.6 is 0 Å². The van der Waals surface area contributed by atoms with Gasteiger partial charge in [-0.3, -0.25) is 0 Å². The average molecular weight is 335 g/mol. The summed E-state index contributed by atoms with van der Waals surface area (Å²) in [5, 5.41) is 31.6. The van der Waals surface area contributed by atoms with Gasteiger partial charge in [-0.05, 0) is 86.4 Å². The van der Waals surface area contributed by atoms with Gasteiger partial charge in [0.25, 0.3) is 0 Å². The Kier molecular flexibility index (Phi) is 3.95. The minimum absolute atomic E-state index is 0.0613. The van der Waals surface area contributed by atoms with E-state index >= 15 is 0 Å². The monoisotopic (exact) mass is 334 g/mol. The zero-order chi connectivity index (χ0) is 17.3. The molecule has 0 bridgehead atoms. The van der Waals surface area contributed by atoms with Crippen LogP contribution in [0.2, 0.25) is 0 Å². The Morgan fingerprint density at radius 2 is 1.92 bits per heavy atom. The minimum atomic E-state index is -0.279. The molecule has 3 N–H and O–H groups in total. The maximum atomic E-state index is 11.2. The van der Waals surface area contributed by atoms with Crippen molar-refractivity contribution < 1.29 is 15.3 Å². The van der Waals surface area contributed by atoms with E-state index < -0.39 is 0 Å². The van der Waals surface area contributed by atoms with E-state index in [1.807, 2.05) is 6.92 Å². The summed E-state index contributed by atoms with van der Waals surface area (Å²) in [5.74, 6) is 1.80. The molecule has 0 saturated heterocycles. The van der Waals surface area contributed by atoms with Gasteiger partial charge in [-0.2, -0.15) is 0 Å². The lowest BCUT2D eigenvalue weighted by atomic mass is 9.46. The van der Waals surface area contributed by atoms with E-state index in [1.54, 1.807) is 0 Å². The number of allylic oxidation sites excluding steroid dienone is 1. The molecule has 1 unspecified atom stereocenters. The third-order valence-corrected chi connectivity index (χ3v) is 8.66. The topological polar surface area (TPSA) is 60.7 Å². The lowest BCUT2D eigenvalue weighted by molar-refractivity contribution is -0.134. The van der Waals surface area contributed by atoms with Crippen LogP contribution < -0.4 is 0 Å². The van der Waals surface area contributed by atoms with Gasteiger partial charge in [-0.25, -0.2) is 0 Å². The summed E-state index contributed by atoms with van der Waals surface area (Å²) in [6.45, 7) is 6.60. The summed E-state index contributed by atoms with van der Waals surface area (Å²) in [5.41, 5.74) is 1.53. The quantitative estimate of drug-likeness (QED) is 0.645. The second-order valence-electron chi connectivity index (χ2n) is 9.78. The van der Waals surface area contributed by atoms with Crippen LogP contribution in [0.25, 0.3) is 0 Å². The second kappa shape index (κ2) is 5.56. The first-order valence-corrected chi connectivity index (χ1v) is 10.0. The molecule has 9 atom stereocenters. The first kappa shape index (κ1) is 17.1. The fourth-order valence-corrected chi connectivity index (χ4v) is 7.60. The summed E-state index contributed by atoms with van der Waals surface area (Å²) >= 11 is 0. The smallest absolute Gasteiger partial charge is 0.0585 e. The summed E-state index contributed by atoms with van der Waals surface area (Å²) < 4.78 is 0. The Hall–Kier alpha value is -0.380. The first-order chi connectivity index (χ1) is 11.3. The molecule has 0 amide bonds. The van der Waals surface area contributed by atoms with Gasteiger partial charge in [0.1, 0.15) is 0 Å². The van der Waals surface area contributed by atoms with Crippen molar-refractivity contribution in [1.82, 2.24) is 0 Å². The van der Waals surface area contributed by atoms with E-state index in [0.717, 1.165) is 38.5 Å². The Balaban J connectivity index is 1.70. The molecule has 24 heavy (non-hydrogen) atoms. The predicted octanol–water partition coefficient (Wildman–Crippen LogP) is 3.28. The molecule has 4 rings (SSSR count). The highest BCUT2D eigenvalue weighted by molar-refractivity contribution is 5.26. The second-order valence-corrected chi connectivity index (χ2v) is 9.78. The summed E-state index contributed by atoms with van der Waals surface area (Å²) in [6.07, 6.45) is 8.48. The third-order valence-electron chi connectivity index (χ3n) is 8.66. The summed E-state index contributed by atoms with van der Waals surface area (Å²) in [4.78, 5) is 0. The Labute approximate surface area is 146 Å². The number of hydrogen-bond acceptors (Lipinski definition) is 3. The van der Waals surface area contributed by atoms with E-state index in [4.69, 9.17) is 0 Å². The molecule has 3 fully saturated rings. The molecule has 0 aromatic rings. The fourth-order valence-electron chi connectivity index (χ4n) is 7.60. The first-order valence-electron chi connectivity index (χ1n) is 10.0. The van der Waals surface area contributed by atoms with E-state index in [-0.39, 0.29) is 29.1 Å². The van der Waals surface area contributed by atoms with Crippen LogP contribution in [-0.2, 0) is 0 Å². The Morgan fingerprint density at radius 1 is 1.17 bits per heavy atom. The lowest BCUT2D eigenvalue weighted by Gasteiger charge is -2.59. The predicted molar refractivity (Wildman–Crippen MR) is 94.3 cm³/mol. The van der Waals surface area contributed by atoms with Crippen LogP contribution in [0.15, 0.2) is 11.6 Å². The average Bonchev–Trinajstić information content (AvgIpc) is 2.84. The number of aliphatic hydroxyl groups is 3. The van der Waals surface area contributed by atoms with Gasteiger partial charge in [-0.1, -0.05) is 25.5 Å². The molecular weight excluding hydrogens is 300 g/mol. The van der Waals surface area contributed by atoms with E-state index in [0.29, 0.717) is 23.7 Å². The molecule has 0 aromatic heterocycles.